The molecule has 2 N–H and O–H groups in total. The van der Waals surface area contributed by atoms with Crippen molar-refractivity contribution in [3.05, 3.63) is 0 Å². The van der Waals surface area contributed by atoms with E-state index in [9.17, 15) is 9.35 Å². The van der Waals surface area contributed by atoms with Crippen molar-refractivity contribution in [2.45, 2.75) is 39.7 Å². The molecule has 0 fully saturated rings. The monoisotopic (exact) mass is 262 g/mol. The summed E-state index contributed by atoms with van der Waals surface area (Å²) in [5.41, 5.74) is -1.14. The normalized spacial score (nSPS) is 14.9. The van der Waals surface area contributed by atoms with Crippen molar-refractivity contribution in [1.82, 2.24) is 0 Å². The van der Waals surface area contributed by atoms with Crippen LogP contribution in [0.25, 0.3) is 0 Å². The van der Waals surface area contributed by atoms with Gasteiger partial charge in [0.2, 0.25) is 0 Å². The number of ether oxygens (including phenoxy) is 1. The van der Waals surface area contributed by atoms with Crippen LogP contribution in [0.5, 0.6) is 0 Å². The minimum Gasteiger partial charge on any atom is -0.773 e. The maximum Gasteiger partial charge on any atom is 1.00 e. The van der Waals surface area contributed by atoms with Crippen molar-refractivity contribution in [2.75, 3.05) is 5.75 Å². The molecule has 0 spiro atoms. The maximum absolute atomic E-state index is 11.4. The van der Waals surface area contributed by atoms with E-state index >= 15 is 0 Å². The van der Waals surface area contributed by atoms with Crippen molar-refractivity contribution in [3.8, 4) is 0 Å². The molecule has 92 valence electrons. The third kappa shape index (κ3) is 8.81. The van der Waals surface area contributed by atoms with Crippen LogP contribution < -0.4 is 29.6 Å². The van der Waals surface area contributed by atoms with Gasteiger partial charge in [0.05, 0.1) is 5.92 Å². The van der Waals surface area contributed by atoms with Crippen LogP contribution >= 0.6 is 10.9 Å². The molecule has 1 atom stereocenters. The van der Waals surface area contributed by atoms with Crippen LogP contribution in [-0.2, 0) is 9.53 Å². The summed E-state index contributed by atoms with van der Waals surface area (Å²) < 4.78 is 33.3. The van der Waals surface area contributed by atoms with Crippen LogP contribution in [0.2, 0.25) is 0 Å². The van der Waals surface area contributed by atoms with Gasteiger partial charge in [0.15, 0.2) is 0 Å². The first-order valence-corrected chi connectivity index (χ1v) is 6.41. The van der Waals surface area contributed by atoms with E-state index in [2.05, 4.69) is 0 Å². The second kappa shape index (κ2) is 7.20. The standard InChI is InChI=1S/C9H20O5S.Na/c1-5-7(2)8(10)14-9(3,4)6-15(11,12)13;/h7,11-13H,5-6H2,1-4H3;/q;+1/p-1. The van der Waals surface area contributed by atoms with Gasteiger partial charge in [-0.15, -0.1) is 0 Å². The average molecular weight is 262 g/mol. The van der Waals surface area contributed by atoms with Gasteiger partial charge in [-0.05, 0) is 20.3 Å². The number of hydrogen-bond donors (Lipinski definition) is 2. The Bertz CT molecular complexity index is 226. The van der Waals surface area contributed by atoms with Crippen molar-refractivity contribution < 1.29 is 52.7 Å². The molecule has 0 aromatic rings. The smallest absolute Gasteiger partial charge is 0.773 e. The van der Waals surface area contributed by atoms with Gasteiger partial charge >= 0.3 is 35.5 Å². The summed E-state index contributed by atoms with van der Waals surface area (Å²) in [4.78, 5) is 11.4. The quantitative estimate of drug-likeness (QED) is 0.502. The molecular weight excluding hydrogens is 243 g/mol. The summed E-state index contributed by atoms with van der Waals surface area (Å²) >= 11 is 0. The topological polar surface area (TPSA) is 89.8 Å². The Morgan fingerprint density at radius 2 is 1.94 bits per heavy atom. The Morgan fingerprint density at radius 3 is 2.25 bits per heavy atom. The van der Waals surface area contributed by atoms with Gasteiger partial charge in [-0.1, -0.05) is 24.7 Å². The fraction of sp³-hybridized carbons (Fsp3) is 0.889. The molecule has 0 aromatic carbocycles. The number of rotatable bonds is 5. The zero-order valence-corrected chi connectivity index (χ0v) is 13.3. The van der Waals surface area contributed by atoms with E-state index in [1.54, 1.807) is 6.92 Å². The van der Waals surface area contributed by atoms with E-state index in [-0.39, 0.29) is 35.5 Å². The Balaban J connectivity index is 0. The molecule has 0 bridgehead atoms. The zero-order valence-electron chi connectivity index (χ0n) is 10.5. The minimum absolute atomic E-state index is 0. The van der Waals surface area contributed by atoms with E-state index in [1.165, 1.54) is 13.8 Å². The molecule has 0 saturated heterocycles. The summed E-state index contributed by atoms with van der Waals surface area (Å²) in [6.07, 6.45) is 0.641. The fourth-order valence-electron chi connectivity index (χ4n) is 1.02. The third-order valence-electron chi connectivity index (χ3n) is 1.93. The molecule has 0 rings (SSSR count). The average Bonchev–Trinajstić information content (AvgIpc) is 1.96. The van der Waals surface area contributed by atoms with Crippen LogP contribution in [0.3, 0.4) is 0 Å². The number of esters is 1. The molecular formula is C9H19NaO5S. The summed E-state index contributed by atoms with van der Waals surface area (Å²) in [5, 5.41) is 0. The van der Waals surface area contributed by atoms with Gasteiger partial charge in [0, 0.05) is 5.75 Å². The Kier molecular flexibility index (Phi) is 8.58. The summed E-state index contributed by atoms with van der Waals surface area (Å²) in [7, 11) is -3.89. The molecule has 16 heavy (non-hydrogen) atoms. The molecule has 0 aliphatic rings. The van der Waals surface area contributed by atoms with Crippen molar-refractivity contribution >= 4 is 16.8 Å². The van der Waals surface area contributed by atoms with Gasteiger partial charge in [-0.25, -0.2) is 0 Å². The predicted octanol–water partition coefficient (Wildman–Crippen LogP) is -0.761. The third-order valence-corrected chi connectivity index (χ3v) is 3.00. The second-order valence-corrected chi connectivity index (χ2v) is 5.74. The maximum atomic E-state index is 11.4. The van der Waals surface area contributed by atoms with Crippen LogP contribution in [0.1, 0.15) is 34.1 Å². The van der Waals surface area contributed by atoms with Gasteiger partial charge in [-0.2, -0.15) is 0 Å². The first-order chi connectivity index (χ1) is 6.57. The molecule has 7 heteroatoms. The van der Waals surface area contributed by atoms with Crippen LogP contribution in [0.4, 0.5) is 0 Å². The number of carbonyl (C=O) groups is 1. The summed E-state index contributed by atoms with van der Waals surface area (Å²) in [5.74, 6) is -1.16. The molecule has 0 radical (unpaired) electrons. The number of carbonyl (C=O) groups excluding carboxylic acids is 1. The van der Waals surface area contributed by atoms with Crippen LogP contribution in [0.15, 0.2) is 0 Å². The van der Waals surface area contributed by atoms with E-state index in [0.29, 0.717) is 6.42 Å². The molecule has 1 unspecified atom stereocenters. The van der Waals surface area contributed by atoms with Gasteiger partial charge in [0.25, 0.3) is 0 Å². The molecule has 0 aromatic heterocycles. The van der Waals surface area contributed by atoms with E-state index in [0.717, 1.165) is 0 Å². The molecule has 0 amide bonds. The van der Waals surface area contributed by atoms with Gasteiger partial charge in [0.1, 0.15) is 5.60 Å². The molecule has 0 aliphatic heterocycles. The van der Waals surface area contributed by atoms with E-state index < -0.39 is 28.2 Å². The summed E-state index contributed by atoms with van der Waals surface area (Å²) in [6, 6.07) is 0. The zero-order chi connectivity index (χ0) is 12.3. The minimum atomic E-state index is -3.89. The molecule has 0 saturated carbocycles. The van der Waals surface area contributed by atoms with Crippen molar-refractivity contribution in [3.63, 3.8) is 0 Å². The van der Waals surface area contributed by atoms with E-state index in [1.807, 2.05) is 6.92 Å². The van der Waals surface area contributed by atoms with Crippen LogP contribution in [0, 0.1) is 5.92 Å². The SMILES string of the molecule is CCC(C)C(=O)OC(C)(C)CS([O-])(O)O.[Na+]. The first-order valence-electron chi connectivity index (χ1n) is 4.77. The molecule has 5 nitrogen and oxygen atoms in total. The first kappa shape index (κ1) is 19.0. The molecule has 0 aliphatic carbocycles. The summed E-state index contributed by atoms with van der Waals surface area (Å²) in [6.45, 7) is 6.53. The van der Waals surface area contributed by atoms with Crippen LogP contribution in [-0.4, -0.2) is 31.0 Å². The van der Waals surface area contributed by atoms with Crippen molar-refractivity contribution in [2.24, 2.45) is 5.92 Å². The Morgan fingerprint density at radius 1 is 1.50 bits per heavy atom. The van der Waals surface area contributed by atoms with E-state index in [4.69, 9.17) is 13.8 Å². The van der Waals surface area contributed by atoms with Gasteiger partial charge < -0.3 is 18.4 Å². The predicted molar refractivity (Wildman–Crippen MR) is 58.1 cm³/mol. The Hall–Kier alpha value is 0.700. The fourth-order valence-corrected chi connectivity index (χ4v) is 1.99. The van der Waals surface area contributed by atoms with Gasteiger partial charge in [-0.3, -0.25) is 4.79 Å². The number of hydrogen-bond acceptors (Lipinski definition) is 5. The largest absolute Gasteiger partial charge is 1.00 e. The Labute approximate surface area is 120 Å². The van der Waals surface area contributed by atoms with Crippen molar-refractivity contribution in [1.29, 1.82) is 0 Å². The second-order valence-electron chi connectivity index (χ2n) is 4.24. The molecule has 0 heterocycles.